The number of para-hydroxylation sites is 2. The Morgan fingerprint density at radius 3 is 2.71 bits per heavy atom. The molecule has 1 aliphatic rings. The van der Waals surface area contributed by atoms with Crippen molar-refractivity contribution in [3.05, 3.63) is 84.1 Å². The second-order valence-electron chi connectivity index (χ2n) is 8.43. The van der Waals surface area contributed by atoms with E-state index in [2.05, 4.69) is 20.8 Å². The maximum absolute atomic E-state index is 10.1. The summed E-state index contributed by atoms with van der Waals surface area (Å²) in [5, 5.41) is 24.7. The minimum atomic E-state index is 0.464. The fourth-order valence-corrected chi connectivity index (χ4v) is 4.48. The molecule has 166 valence electrons. The van der Waals surface area contributed by atoms with Gasteiger partial charge >= 0.3 is 0 Å². The number of rotatable bonds is 4. The van der Waals surface area contributed by atoms with Gasteiger partial charge in [0.1, 0.15) is 23.2 Å². The van der Waals surface area contributed by atoms with Crippen molar-refractivity contribution in [1.29, 1.82) is 5.26 Å². The molecule has 0 aliphatic carbocycles. The van der Waals surface area contributed by atoms with Gasteiger partial charge in [-0.15, -0.1) is 10.2 Å². The number of hydrogen-bond donors (Lipinski definition) is 0. The SMILES string of the molecule is N#CC(=Cc1cn(-c2ccccc2)nc1-c1cc2ccccc2o1)c1nnc2n1CCCCC2. The summed E-state index contributed by atoms with van der Waals surface area (Å²) in [6, 6.07) is 22.1. The number of hydrogen-bond acceptors (Lipinski definition) is 5. The van der Waals surface area contributed by atoms with Crippen LogP contribution >= 0.6 is 0 Å². The van der Waals surface area contributed by atoms with E-state index in [4.69, 9.17) is 9.52 Å². The molecule has 4 heterocycles. The van der Waals surface area contributed by atoms with Crippen LogP contribution in [0, 0.1) is 11.3 Å². The van der Waals surface area contributed by atoms with Gasteiger partial charge in [0.2, 0.25) is 0 Å². The summed E-state index contributed by atoms with van der Waals surface area (Å²) in [7, 11) is 0. The predicted octanol–water partition coefficient (Wildman–Crippen LogP) is 5.67. The number of aryl methyl sites for hydroxylation is 1. The normalized spacial score (nSPS) is 14.0. The number of allylic oxidation sites excluding steroid dienone is 1. The maximum atomic E-state index is 10.1. The second kappa shape index (κ2) is 8.49. The van der Waals surface area contributed by atoms with Crippen LogP contribution in [-0.2, 0) is 13.0 Å². The molecule has 5 aromatic rings. The molecule has 0 unspecified atom stereocenters. The molecule has 0 bridgehead atoms. The van der Waals surface area contributed by atoms with Crippen LogP contribution < -0.4 is 0 Å². The number of nitriles is 1. The maximum Gasteiger partial charge on any atom is 0.174 e. The van der Waals surface area contributed by atoms with E-state index in [1.54, 1.807) is 0 Å². The van der Waals surface area contributed by atoms with Gasteiger partial charge in [0, 0.05) is 30.1 Å². The van der Waals surface area contributed by atoms with E-state index in [1.807, 2.05) is 77.6 Å². The number of aromatic nitrogens is 5. The van der Waals surface area contributed by atoms with E-state index >= 15 is 0 Å². The Balaban J connectivity index is 1.51. The minimum Gasteiger partial charge on any atom is -0.454 e. The molecule has 0 fully saturated rings. The summed E-state index contributed by atoms with van der Waals surface area (Å²) in [6.45, 7) is 0.830. The number of benzene rings is 2. The summed E-state index contributed by atoms with van der Waals surface area (Å²) >= 11 is 0. The topological polar surface area (TPSA) is 85.5 Å². The standard InChI is InChI=1S/C27H22N6O/c28-17-20(27-30-29-25-13-5-2-8-14-32(25)27)15-21-18-33(22-10-3-1-4-11-22)31-26(21)24-16-19-9-6-7-12-23(19)34-24/h1,3-4,6-7,9-12,15-16,18H,2,5,8,13-14H2. The lowest BCUT2D eigenvalue weighted by molar-refractivity contribution is 0.626. The van der Waals surface area contributed by atoms with Gasteiger partial charge in [0.05, 0.1) is 11.3 Å². The van der Waals surface area contributed by atoms with Crippen LogP contribution in [-0.4, -0.2) is 24.5 Å². The number of fused-ring (bicyclic) bond motifs is 2. The monoisotopic (exact) mass is 446 g/mol. The van der Waals surface area contributed by atoms with Gasteiger partial charge in [-0.1, -0.05) is 42.8 Å². The Bertz CT molecular complexity index is 1510. The third-order valence-corrected chi connectivity index (χ3v) is 6.19. The zero-order valence-electron chi connectivity index (χ0n) is 18.6. The van der Waals surface area contributed by atoms with Crippen molar-refractivity contribution in [3.63, 3.8) is 0 Å². The number of nitrogens with zero attached hydrogens (tertiary/aromatic N) is 6. The van der Waals surface area contributed by atoms with Crippen molar-refractivity contribution >= 4 is 22.6 Å². The summed E-state index contributed by atoms with van der Waals surface area (Å²) in [4.78, 5) is 0. The molecule has 2 aromatic carbocycles. The lowest BCUT2D eigenvalue weighted by Crippen LogP contribution is -2.05. The van der Waals surface area contributed by atoms with Crippen LogP contribution in [0.15, 0.2) is 71.3 Å². The average molecular weight is 447 g/mol. The molecule has 7 nitrogen and oxygen atoms in total. The first-order valence-electron chi connectivity index (χ1n) is 11.5. The fourth-order valence-electron chi connectivity index (χ4n) is 4.48. The quantitative estimate of drug-likeness (QED) is 0.332. The van der Waals surface area contributed by atoms with E-state index in [-0.39, 0.29) is 0 Å². The Labute approximate surface area is 196 Å². The van der Waals surface area contributed by atoms with Gasteiger partial charge in [-0.25, -0.2) is 4.68 Å². The van der Waals surface area contributed by atoms with Gasteiger partial charge < -0.3 is 8.98 Å². The van der Waals surface area contributed by atoms with Gasteiger partial charge in [-0.2, -0.15) is 10.4 Å². The molecule has 0 saturated carbocycles. The highest BCUT2D eigenvalue weighted by atomic mass is 16.3. The summed E-state index contributed by atoms with van der Waals surface area (Å²) in [6.07, 6.45) is 7.99. The highest BCUT2D eigenvalue weighted by molar-refractivity contribution is 5.91. The lowest BCUT2D eigenvalue weighted by Gasteiger charge is -2.05. The first kappa shape index (κ1) is 20.2. The zero-order chi connectivity index (χ0) is 22.9. The van der Waals surface area contributed by atoms with Crippen LogP contribution in [0.1, 0.15) is 36.5 Å². The van der Waals surface area contributed by atoms with Crippen LogP contribution in [0.2, 0.25) is 0 Å². The van der Waals surface area contributed by atoms with E-state index in [9.17, 15) is 5.26 Å². The van der Waals surface area contributed by atoms with Crippen molar-refractivity contribution in [3.8, 4) is 23.2 Å². The van der Waals surface area contributed by atoms with E-state index in [0.29, 0.717) is 22.9 Å². The first-order valence-corrected chi connectivity index (χ1v) is 11.5. The largest absolute Gasteiger partial charge is 0.454 e. The molecule has 0 spiro atoms. The van der Waals surface area contributed by atoms with Crippen molar-refractivity contribution in [2.75, 3.05) is 0 Å². The highest BCUT2D eigenvalue weighted by Crippen LogP contribution is 2.32. The van der Waals surface area contributed by atoms with Gasteiger partial charge in [-0.3, -0.25) is 0 Å². The lowest BCUT2D eigenvalue weighted by atomic mass is 10.1. The molecule has 0 radical (unpaired) electrons. The van der Waals surface area contributed by atoms with E-state index in [1.165, 1.54) is 0 Å². The van der Waals surface area contributed by atoms with E-state index in [0.717, 1.165) is 60.3 Å². The highest BCUT2D eigenvalue weighted by Gasteiger charge is 2.20. The third kappa shape index (κ3) is 3.59. The average Bonchev–Trinajstić information content (AvgIpc) is 3.56. The van der Waals surface area contributed by atoms with Crippen LogP contribution in [0.5, 0.6) is 0 Å². The molecule has 34 heavy (non-hydrogen) atoms. The molecule has 0 amide bonds. The molecule has 0 N–H and O–H groups in total. The Kier molecular flexibility index (Phi) is 5.04. The molecule has 7 heteroatoms. The van der Waals surface area contributed by atoms with Crippen molar-refractivity contribution < 1.29 is 4.42 Å². The molecule has 3 aromatic heterocycles. The fraction of sp³-hybridized carbons (Fsp3) is 0.185. The zero-order valence-corrected chi connectivity index (χ0v) is 18.6. The van der Waals surface area contributed by atoms with Gasteiger partial charge in [-0.05, 0) is 43.2 Å². The first-order chi connectivity index (χ1) is 16.8. The Hall–Kier alpha value is -4.44. The van der Waals surface area contributed by atoms with Gasteiger partial charge in [0.25, 0.3) is 0 Å². The Morgan fingerprint density at radius 1 is 1.00 bits per heavy atom. The summed E-state index contributed by atoms with van der Waals surface area (Å²) in [5.74, 6) is 2.22. The molecular formula is C27H22N6O. The predicted molar refractivity (Wildman–Crippen MR) is 130 cm³/mol. The summed E-state index contributed by atoms with van der Waals surface area (Å²) < 4.78 is 10.0. The van der Waals surface area contributed by atoms with E-state index < -0.39 is 0 Å². The molecule has 0 atom stereocenters. The third-order valence-electron chi connectivity index (χ3n) is 6.19. The van der Waals surface area contributed by atoms with Crippen LogP contribution in [0.3, 0.4) is 0 Å². The molecule has 1 aliphatic heterocycles. The van der Waals surface area contributed by atoms with Crippen molar-refractivity contribution in [1.82, 2.24) is 24.5 Å². The van der Waals surface area contributed by atoms with Crippen molar-refractivity contribution in [2.24, 2.45) is 0 Å². The van der Waals surface area contributed by atoms with Crippen LogP contribution in [0.4, 0.5) is 0 Å². The Morgan fingerprint density at radius 2 is 1.85 bits per heavy atom. The second-order valence-corrected chi connectivity index (χ2v) is 8.43. The van der Waals surface area contributed by atoms with Crippen molar-refractivity contribution in [2.45, 2.75) is 32.2 Å². The van der Waals surface area contributed by atoms with Gasteiger partial charge in [0.15, 0.2) is 11.6 Å². The molecule has 6 rings (SSSR count). The molecular weight excluding hydrogens is 424 g/mol. The summed E-state index contributed by atoms with van der Waals surface area (Å²) in [5.41, 5.74) is 3.64. The number of furan rings is 1. The smallest absolute Gasteiger partial charge is 0.174 e. The minimum absolute atomic E-state index is 0.464. The molecule has 0 saturated heterocycles. The van der Waals surface area contributed by atoms with Crippen LogP contribution in [0.25, 0.3) is 39.8 Å².